The normalized spacial score (nSPS) is 19.6. The number of aromatic nitrogens is 1. The third kappa shape index (κ3) is 6.10. The van der Waals surface area contributed by atoms with Crippen molar-refractivity contribution >= 4 is 27.3 Å². The van der Waals surface area contributed by atoms with Crippen molar-refractivity contribution in [2.24, 2.45) is 5.92 Å². The van der Waals surface area contributed by atoms with Gasteiger partial charge in [-0.15, -0.1) is 11.3 Å². The number of piperidine rings is 1. The maximum absolute atomic E-state index is 12.3. The highest BCUT2D eigenvalue weighted by Crippen LogP contribution is 2.22. The zero-order valence-electron chi connectivity index (χ0n) is 13.8. The van der Waals surface area contributed by atoms with Crippen LogP contribution < -0.4 is 0 Å². The average Bonchev–Trinajstić information content (AvgIpc) is 2.88. The topological polar surface area (TPSA) is 76.6 Å². The molecule has 0 aliphatic carbocycles. The van der Waals surface area contributed by atoms with Crippen molar-refractivity contribution in [3.05, 3.63) is 16.6 Å². The van der Waals surface area contributed by atoms with E-state index in [1.165, 1.54) is 11.3 Å². The van der Waals surface area contributed by atoms with Gasteiger partial charge in [0, 0.05) is 24.2 Å². The van der Waals surface area contributed by atoms with Gasteiger partial charge in [0.25, 0.3) is 0 Å². The predicted molar refractivity (Wildman–Crippen MR) is 90.1 cm³/mol. The van der Waals surface area contributed by atoms with Gasteiger partial charge in [0.05, 0.1) is 17.0 Å². The number of sulfone groups is 1. The molecule has 0 N–H and O–H groups in total. The number of nitrogens with zero attached hydrogens (tertiary/aromatic N) is 2. The number of thiazole rings is 1. The van der Waals surface area contributed by atoms with Crippen molar-refractivity contribution in [2.45, 2.75) is 45.0 Å². The van der Waals surface area contributed by atoms with Gasteiger partial charge in [-0.2, -0.15) is 0 Å². The SMILES string of the molecule is CC(C)(C)OC(=O)N1CCC[C@H](CS(=O)(=O)Cc2cncs2)C1. The van der Waals surface area contributed by atoms with E-state index < -0.39 is 15.4 Å². The molecule has 0 saturated carbocycles. The third-order valence-electron chi connectivity index (χ3n) is 3.51. The monoisotopic (exact) mass is 360 g/mol. The van der Waals surface area contributed by atoms with Crippen LogP contribution in [-0.2, 0) is 20.3 Å². The number of rotatable bonds is 4. The Morgan fingerprint density at radius 1 is 1.48 bits per heavy atom. The molecule has 1 saturated heterocycles. The standard InChI is InChI=1S/C15H24N2O4S2/c1-15(2,3)21-14(18)17-6-4-5-12(8-17)9-23(19,20)10-13-7-16-11-22-13/h7,11-12H,4-6,8-10H2,1-3H3/t12-/m0/s1. The Kier molecular flexibility index (Phi) is 5.67. The third-order valence-corrected chi connectivity index (χ3v) is 6.20. The van der Waals surface area contributed by atoms with Crippen LogP contribution in [0.2, 0.25) is 0 Å². The molecule has 1 aromatic rings. The molecular weight excluding hydrogens is 336 g/mol. The first-order valence-corrected chi connectivity index (χ1v) is 10.4. The zero-order valence-corrected chi connectivity index (χ0v) is 15.5. The van der Waals surface area contributed by atoms with Gasteiger partial charge in [-0.05, 0) is 39.5 Å². The van der Waals surface area contributed by atoms with Crippen molar-refractivity contribution in [1.82, 2.24) is 9.88 Å². The van der Waals surface area contributed by atoms with Crippen LogP contribution in [0, 0.1) is 5.92 Å². The average molecular weight is 361 g/mol. The van der Waals surface area contributed by atoms with Gasteiger partial charge >= 0.3 is 6.09 Å². The lowest BCUT2D eigenvalue weighted by Crippen LogP contribution is -2.44. The zero-order chi connectivity index (χ0) is 17.1. The van der Waals surface area contributed by atoms with E-state index >= 15 is 0 Å². The molecule has 2 heterocycles. The van der Waals surface area contributed by atoms with Crippen LogP contribution in [0.5, 0.6) is 0 Å². The lowest BCUT2D eigenvalue weighted by Gasteiger charge is -2.34. The van der Waals surface area contributed by atoms with Crippen LogP contribution in [0.25, 0.3) is 0 Å². The molecule has 0 bridgehead atoms. The van der Waals surface area contributed by atoms with Crippen molar-refractivity contribution in [3.8, 4) is 0 Å². The van der Waals surface area contributed by atoms with Crippen LogP contribution in [-0.4, -0.2) is 48.8 Å². The first-order chi connectivity index (χ1) is 10.6. The molecule has 1 aliphatic heterocycles. The van der Waals surface area contributed by atoms with E-state index in [1.54, 1.807) is 16.6 Å². The van der Waals surface area contributed by atoms with Gasteiger partial charge in [0.15, 0.2) is 9.84 Å². The second kappa shape index (κ2) is 7.17. The second-order valence-corrected chi connectivity index (χ2v) is 10.0. The largest absolute Gasteiger partial charge is 0.444 e. The number of hydrogen-bond acceptors (Lipinski definition) is 6. The van der Waals surface area contributed by atoms with E-state index in [0.29, 0.717) is 13.1 Å². The summed E-state index contributed by atoms with van der Waals surface area (Å²) in [5, 5.41) is 0. The van der Waals surface area contributed by atoms with Crippen molar-refractivity contribution in [1.29, 1.82) is 0 Å². The molecule has 0 aromatic carbocycles. The number of ether oxygens (including phenoxy) is 1. The molecule has 0 unspecified atom stereocenters. The Bertz CT molecular complexity index is 620. The van der Waals surface area contributed by atoms with E-state index in [9.17, 15) is 13.2 Å². The number of carbonyl (C=O) groups is 1. The summed E-state index contributed by atoms with van der Waals surface area (Å²) in [5.74, 6) is 0.0966. The predicted octanol–water partition coefficient (Wildman–Crippen LogP) is 2.71. The van der Waals surface area contributed by atoms with Crippen LogP contribution in [0.1, 0.15) is 38.5 Å². The fraction of sp³-hybridized carbons (Fsp3) is 0.733. The van der Waals surface area contributed by atoms with Gasteiger partial charge in [0.1, 0.15) is 5.60 Å². The number of amides is 1. The first kappa shape index (κ1) is 18.2. The number of hydrogen-bond donors (Lipinski definition) is 0. The molecule has 130 valence electrons. The molecule has 0 radical (unpaired) electrons. The lowest BCUT2D eigenvalue weighted by molar-refractivity contribution is 0.0176. The van der Waals surface area contributed by atoms with Crippen molar-refractivity contribution in [3.63, 3.8) is 0 Å². The van der Waals surface area contributed by atoms with Crippen LogP contribution >= 0.6 is 11.3 Å². The Morgan fingerprint density at radius 3 is 2.83 bits per heavy atom. The van der Waals surface area contributed by atoms with Gasteiger partial charge in [-0.25, -0.2) is 13.2 Å². The van der Waals surface area contributed by atoms with E-state index in [-0.39, 0.29) is 23.5 Å². The maximum Gasteiger partial charge on any atom is 0.410 e. The fourth-order valence-electron chi connectivity index (χ4n) is 2.64. The Hall–Kier alpha value is -1.15. The molecule has 1 amide bonds. The highest BCUT2D eigenvalue weighted by molar-refractivity contribution is 7.90. The smallest absolute Gasteiger partial charge is 0.410 e. The Balaban J connectivity index is 1.92. The molecule has 2 rings (SSSR count). The number of carbonyl (C=O) groups excluding carboxylic acids is 1. The van der Waals surface area contributed by atoms with Gasteiger partial charge in [-0.3, -0.25) is 4.98 Å². The highest BCUT2D eigenvalue weighted by Gasteiger charge is 2.30. The van der Waals surface area contributed by atoms with Gasteiger partial charge in [0.2, 0.25) is 0 Å². The maximum atomic E-state index is 12.3. The molecule has 1 fully saturated rings. The minimum absolute atomic E-state index is 0.0284. The van der Waals surface area contributed by atoms with Crippen molar-refractivity contribution in [2.75, 3.05) is 18.8 Å². The van der Waals surface area contributed by atoms with Crippen LogP contribution in [0.4, 0.5) is 4.79 Å². The summed E-state index contributed by atoms with van der Waals surface area (Å²) in [6.07, 6.45) is 2.86. The first-order valence-electron chi connectivity index (χ1n) is 7.70. The summed E-state index contributed by atoms with van der Waals surface area (Å²) in [5.41, 5.74) is 1.10. The van der Waals surface area contributed by atoms with Crippen LogP contribution in [0.3, 0.4) is 0 Å². The minimum atomic E-state index is -3.20. The van der Waals surface area contributed by atoms with Crippen molar-refractivity contribution < 1.29 is 17.9 Å². The number of likely N-dealkylation sites (tertiary alicyclic amines) is 1. The summed E-state index contributed by atoms with van der Waals surface area (Å²) >= 11 is 1.35. The van der Waals surface area contributed by atoms with Crippen LogP contribution in [0.15, 0.2) is 11.7 Å². The van der Waals surface area contributed by atoms with E-state index in [4.69, 9.17) is 4.74 Å². The van der Waals surface area contributed by atoms with E-state index in [2.05, 4.69) is 4.98 Å². The highest BCUT2D eigenvalue weighted by atomic mass is 32.2. The van der Waals surface area contributed by atoms with E-state index in [0.717, 1.165) is 17.7 Å². The molecule has 8 heteroatoms. The van der Waals surface area contributed by atoms with E-state index in [1.807, 2.05) is 20.8 Å². The quantitative estimate of drug-likeness (QED) is 0.825. The molecule has 1 atom stereocenters. The minimum Gasteiger partial charge on any atom is -0.444 e. The molecule has 23 heavy (non-hydrogen) atoms. The van der Waals surface area contributed by atoms with Gasteiger partial charge in [-0.1, -0.05) is 0 Å². The Labute approximate surface area is 141 Å². The fourth-order valence-corrected chi connectivity index (χ4v) is 5.45. The molecule has 1 aliphatic rings. The Morgan fingerprint density at radius 2 is 2.22 bits per heavy atom. The molecule has 0 spiro atoms. The summed E-state index contributed by atoms with van der Waals surface area (Å²) in [6, 6.07) is 0. The summed E-state index contributed by atoms with van der Waals surface area (Å²) < 4.78 is 30.0. The molecule has 1 aromatic heterocycles. The molecular formula is C15H24N2O4S2. The van der Waals surface area contributed by atoms with Gasteiger partial charge < -0.3 is 9.64 Å². The molecule has 6 nitrogen and oxygen atoms in total. The lowest BCUT2D eigenvalue weighted by atomic mass is 10.0. The summed E-state index contributed by atoms with van der Waals surface area (Å²) in [6.45, 7) is 6.54. The summed E-state index contributed by atoms with van der Waals surface area (Å²) in [4.78, 5) is 18.4. The second-order valence-electron chi connectivity index (χ2n) is 6.96. The summed E-state index contributed by atoms with van der Waals surface area (Å²) in [7, 11) is -3.20.